The Labute approximate surface area is 130 Å². The fraction of sp³-hybridized carbons (Fsp3) is 0.533. The quantitative estimate of drug-likeness (QED) is 0.586. The monoisotopic (exact) mass is 315 g/mol. The zero-order valence-electron chi connectivity index (χ0n) is 12.2. The molecule has 1 aromatic carbocycles. The lowest BCUT2D eigenvalue weighted by molar-refractivity contribution is -0.139. The normalized spacial score (nSPS) is 10.8. The lowest BCUT2D eigenvalue weighted by Crippen LogP contribution is -2.19. The van der Waals surface area contributed by atoms with Crippen LogP contribution in [0, 0.1) is 5.92 Å². The van der Waals surface area contributed by atoms with E-state index in [-0.39, 0.29) is 5.97 Å². The molecule has 1 N–H and O–H groups in total. The molecule has 0 heterocycles. The van der Waals surface area contributed by atoms with Gasteiger partial charge in [-0.2, -0.15) is 0 Å². The molecule has 0 fully saturated rings. The van der Waals surface area contributed by atoms with Crippen molar-refractivity contribution >= 4 is 29.3 Å². The van der Waals surface area contributed by atoms with Gasteiger partial charge in [-0.1, -0.05) is 31.5 Å². The highest BCUT2D eigenvalue weighted by molar-refractivity contribution is 8.00. The molecule has 0 unspecified atom stereocenters. The number of hydrogen-bond donors (Lipinski definition) is 1. The van der Waals surface area contributed by atoms with Crippen molar-refractivity contribution in [1.29, 1.82) is 0 Å². The van der Waals surface area contributed by atoms with E-state index in [0.29, 0.717) is 18.3 Å². The van der Waals surface area contributed by atoms with Crippen LogP contribution in [0.5, 0.6) is 0 Å². The van der Waals surface area contributed by atoms with Crippen LogP contribution in [0.15, 0.2) is 23.1 Å². The molecule has 0 saturated carbocycles. The Morgan fingerprint density at radius 3 is 2.80 bits per heavy atom. The predicted molar refractivity (Wildman–Crippen MR) is 85.4 cm³/mol. The van der Waals surface area contributed by atoms with Crippen LogP contribution in [-0.2, 0) is 16.1 Å². The zero-order valence-corrected chi connectivity index (χ0v) is 13.8. The maximum Gasteiger partial charge on any atom is 0.316 e. The summed E-state index contributed by atoms with van der Waals surface area (Å²) in [5.74, 6) is 0.735. The van der Waals surface area contributed by atoms with Crippen LogP contribution in [0.1, 0.15) is 26.3 Å². The Kier molecular flexibility index (Phi) is 8.04. The summed E-state index contributed by atoms with van der Waals surface area (Å²) in [6.45, 7) is 8.29. The first-order valence-electron chi connectivity index (χ1n) is 6.80. The minimum atomic E-state index is -0.198. The molecule has 0 amide bonds. The first-order chi connectivity index (χ1) is 9.52. The number of ether oxygens (including phenoxy) is 1. The lowest BCUT2D eigenvalue weighted by Gasteiger charge is -2.10. The molecule has 5 heteroatoms. The molecule has 0 aliphatic heterocycles. The standard InChI is InChI=1S/C15H22ClNO2S/c1-4-19-15(18)10-20-13-6-5-12(14(16)7-13)9-17-8-11(2)3/h5-7,11,17H,4,8-10H2,1-3H3. The van der Waals surface area contributed by atoms with Gasteiger partial charge in [0.1, 0.15) is 0 Å². The highest BCUT2D eigenvalue weighted by Gasteiger charge is 2.06. The van der Waals surface area contributed by atoms with Crippen LogP contribution in [0.25, 0.3) is 0 Å². The third-order valence-corrected chi connectivity index (χ3v) is 3.87. The number of thioether (sulfide) groups is 1. The van der Waals surface area contributed by atoms with Gasteiger partial charge in [0.25, 0.3) is 0 Å². The summed E-state index contributed by atoms with van der Waals surface area (Å²) in [4.78, 5) is 12.3. The first kappa shape index (κ1) is 17.3. The molecular formula is C15H22ClNO2S. The molecule has 0 saturated heterocycles. The molecule has 0 radical (unpaired) electrons. The van der Waals surface area contributed by atoms with Crippen molar-refractivity contribution in [2.45, 2.75) is 32.2 Å². The number of rotatable bonds is 8. The highest BCUT2D eigenvalue weighted by Crippen LogP contribution is 2.25. The molecule has 20 heavy (non-hydrogen) atoms. The number of carbonyl (C=O) groups is 1. The summed E-state index contributed by atoms with van der Waals surface area (Å²) < 4.78 is 4.89. The average Bonchev–Trinajstić information content (AvgIpc) is 2.38. The fourth-order valence-corrected chi connectivity index (χ4v) is 2.65. The Balaban J connectivity index is 2.48. The molecule has 0 atom stereocenters. The van der Waals surface area contributed by atoms with Gasteiger partial charge < -0.3 is 10.1 Å². The van der Waals surface area contributed by atoms with Crippen molar-refractivity contribution in [2.24, 2.45) is 5.92 Å². The average molecular weight is 316 g/mol. The van der Waals surface area contributed by atoms with Gasteiger partial charge in [-0.05, 0) is 37.1 Å². The van der Waals surface area contributed by atoms with Gasteiger partial charge in [0.05, 0.1) is 12.4 Å². The van der Waals surface area contributed by atoms with E-state index in [2.05, 4.69) is 19.2 Å². The highest BCUT2D eigenvalue weighted by atomic mass is 35.5. The molecule has 0 bridgehead atoms. The van der Waals surface area contributed by atoms with Gasteiger partial charge in [0.2, 0.25) is 0 Å². The van der Waals surface area contributed by atoms with E-state index in [0.717, 1.165) is 28.6 Å². The molecule has 0 aliphatic carbocycles. The third-order valence-electron chi connectivity index (χ3n) is 2.55. The van der Waals surface area contributed by atoms with E-state index < -0.39 is 0 Å². The fourth-order valence-electron chi connectivity index (χ4n) is 1.60. The van der Waals surface area contributed by atoms with Gasteiger partial charge in [-0.25, -0.2) is 0 Å². The zero-order chi connectivity index (χ0) is 15.0. The largest absolute Gasteiger partial charge is 0.465 e. The molecule has 112 valence electrons. The molecular weight excluding hydrogens is 294 g/mol. The van der Waals surface area contributed by atoms with Crippen molar-refractivity contribution in [1.82, 2.24) is 5.32 Å². The smallest absolute Gasteiger partial charge is 0.316 e. The second-order valence-corrected chi connectivity index (χ2v) is 6.33. The summed E-state index contributed by atoms with van der Waals surface area (Å²) in [7, 11) is 0. The molecule has 0 spiro atoms. The topological polar surface area (TPSA) is 38.3 Å². The summed E-state index contributed by atoms with van der Waals surface area (Å²) in [5.41, 5.74) is 1.08. The van der Waals surface area contributed by atoms with Gasteiger partial charge in [-0.3, -0.25) is 4.79 Å². The van der Waals surface area contributed by atoms with E-state index in [4.69, 9.17) is 16.3 Å². The Morgan fingerprint density at radius 1 is 1.45 bits per heavy atom. The Bertz CT molecular complexity index is 438. The molecule has 3 nitrogen and oxygen atoms in total. The summed E-state index contributed by atoms with van der Waals surface area (Å²) >= 11 is 7.69. The van der Waals surface area contributed by atoms with E-state index in [1.807, 2.05) is 18.2 Å². The summed E-state index contributed by atoms with van der Waals surface area (Å²) in [6.07, 6.45) is 0. The van der Waals surface area contributed by atoms with E-state index >= 15 is 0 Å². The first-order valence-corrected chi connectivity index (χ1v) is 8.16. The maximum absolute atomic E-state index is 11.3. The van der Waals surface area contributed by atoms with E-state index in [1.54, 1.807) is 6.92 Å². The van der Waals surface area contributed by atoms with Crippen LogP contribution in [0.4, 0.5) is 0 Å². The van der Waals surface area contributed by atoms with Gasteiger partial charge in [0.15, 0.2) is 0 Å². The number of halogens is 1. The van der Waals surface area contributed by atoms with Crippen LogP contribution >= 0.6 is 23.4 Å². The number of hydrogen-bond acceptors (Lipinski definition) is 4. The van der Waals surface area contributed by atoms with Crippen LogP contribution in [0.3, 0.4) is 0 Å². The lowest BCUT2D eigenvalue weighted by atomic mass is 10.2. The summed E-state index contributed by atoms with van der Waals surface area (Å²) in [5, 5.41) is 4.09. The number of esters is 1. The molecule has 1 aromatic rings. The van der Waals surface area contributed by atoms with E-state index in [9.17, 15) is 4.79 Å². The third kappa shape index (κ3) is 6.64. The maximum atomic E-state index is 11.3. The van der Waals surface area contributed by atoms with Crippen LogP contribution < -0.4 is 5.32 Å². The van der Waals surface area contributed by atoms with Crippen LogP contribution in [-0.4, -0.2) is 24.9 Å². The predicted octanol–water partition coefficient (Wildman–Crippen LogP) is 3.74. The van der Waals surface area contributed by atoms with Crippen molar-refractivity contribution in [3.63, 3.8) is 0 Å². The second kappa shape index (κ2) is 9.27. The van der Waals surface area contributed by atoms with Crippen molar-refractivity contribution in [3.8, 4) is 0 Å². The van der Waals surface area contributed by atoms with Crippen LogP contribution in [0.2, 0.25) is 5.02 Å². The number of carbonyl (C=O) groups excluding carboxylic acids is 1. The Hall–Kier alpha value is -0.710. The van der Waals surface area contributed by atoms with Gasteiger partial charge >= 0.3 is 5.97 Å². The molecule has 0 aromatic heterocycles. The Morgan fingerprint density at radius 2 is 2.20 bits per heavy atom. The van der Waals surface area contributed by atoms with Crippen molar-refractivity contribution < 1.29 is 9.53 Å². The minimum Gasteiger partial charge on any atom is -0.465 e. The molecule has 0 aliphatic rings. The van der Waals surface area contributed by atoms with Gasteiger partial charge in [0, 0.05) is 16.5 Å². The second-order valence-electron chi connectivity index (χ2n) is 4.87. The van der Waals surface area contributed by atoms with Gasteiger partial charge in [-0.15, -0.1) is 11.8 Å². The van der Waals surface area contributed by atoms with Crippen molar-refractivity contribution in [3.05, 3.63) is 28.8 Å². The molecule has 1 rings (SSSR count). The minimum absolute atomic E-state index is 0.198. The summed E-state index contributed by atoms with van der Waals surface area (Å²) in [6, 6.07) is 5.89. The SMILES string of the molecule is CCOC(=O)CSc1ccc(CNCC(C)C)c(Cl)c1. The number of benzene rings is 1. The van der Waals surface area contributed by atoms with E-state index in [1.165, 1.54) is 11.8 Å². The number of nitrogens with one attached hydrogen (secondary N) is 1. The van der Waals surface area contributed by atoms with Crippen molar-refractivity contribution in [2.75, 3.05) is 18.9 Å².